The number of amides is 1. The topological polar surface area (TPSA) is 72.8 Å². The number of nitrogens with zero attached hydrogens (tertiary/aromatic N) is 1. The molecule has 1 saturated heterocycles. The van der Waals surface area contributed by atoms with Gasteiger partial charge in [-0.05, 0) is 12.1 Å². The van der Waals surface area contributed by atoms with Gasteiger partial charge in [0.05, 0.1) is 11.6 Å². The van der Waals surface area contributed by atoms with Gasteiger partial charge in [0.25, 0.3) is 5.91 Å². The van der Waals surface area contributed by atoms with Gasteiger partial charge in [-0.2, -0.15) is 0 Å². The zero-order valence-electron chi connectivity index (χ0n) is 8.97. The van der Waals surface area contributed by atoms with Crippen molar-refractivity contribution in [2.75, 3.05) is 20.1 Å². The molecule has 0 unspecified atom stereocenters. The molecule has 1 aliphatic rings. The number of likely N-dealkylation sites (N-methyl/N-ethyl adjacent to an activating group) is 1. The van der Waals surface area contributed by atoms with E-state index in [1.54, 1.807) is 11.9 Å². The molecule has 3 N–H and O–H groups in total. The number of phenolic OH excluding ortho intramolecular Hbond substituents is 2. The van der Waals surface area contributed by atoms with Crippen LogP contribution in [0.4, 0.5) is 0 Å². The van der Waals surface area contributed by atoms with Gasteiger partial charge in [-0.25, -0.2) is 0 Å². The van der Waals surface area contributed by atoms with Gasteiger partial charge in [-0.15, -0.1) is 0 Å². The van der Waals surface area contributed by atoms with Crippen LogP contribution in [-0.4, -0.2) is 47.2 Å². The molecule has 1 aromatic carbocycles. The Morgan fingerprint density at radius 2 is 2.12 bits per heavy atom. The summed E-state index contributed by atoms with van der Waals surface area (Å²) in [7, 11) is 1.69. The van der Waals surface area contributed by atoms with Gasteiger partial charge in [-0.3, -0.25) is 4.79 Å². The molecule has 0 atom stereocenters. The van der Waals surface area contributed by atoms with Crippen molar-refractivity contribution < 1.29 is 15.0 Å². The predicted molar refractivity (Wildman–Crippen MR) is 58.5 cm³/mol. The lowest BCUT2D eigenvalue weighted by Gasteiger charge is -2.35. The molecule has 1 fully saturated rings. The number of rotatable bonds is 2. The van der Waals surface area contributed by atoms with E-state index in [2.05, 4.69) is 5.32 Å². The molecule has 0 bridgehead atoms. The summed E-state index contributed by atoms with van der Waals surface area (Å²) in [5.74, 6) is -0.905. The smallest absolute Gasteiger partial charge is 0.257 e. The van der Waals surface area contributed by atoms with Crippen LogP contribution in [0.15, 0.2) is 18.2 Å². The fraction of sp³-hybridized carbons (Fsp3) is 0.364. The van der Waals surface area contributed by atoms with E-state index in [1.807, 2.05) is 0 Å². The van der Waals surface area contributed by atoms with Crippen LogP contribution in [0.25, 0.3) is 0 Å². The Hall–Kier alpha value is -1.75. The van der Waals surface area contributed by atoms with E-state index in [4.69, 9.17) is 0 Å². The molecule has 16 heavy (non-hydrogen) atoms. The maximum Gasteiger partial charge on any atom is 0.257 e. The van der Waals surface area contributed by atoms with Crippen LogP contribution in [0.3, 0.4) is 0 Å². The van der Waals surface area contributed by atoms with Gasteiger partial charge >= 0.3 is 0 Å². The summed E-state index contributed by atoms with van der Waals surface area (Å²) in [6.07, 6.45) is 0. The van der Waals surface area contributed by atoms with Crippen LogP contribution in [0.5, 0.6) is 11.5 Å². The Balaban J connectivity index is 2.22. The second kappa shape index (κ2) is 4.02. The second-order valence-electron chi connectivity index (χ2n) is 3.90. The molecule has 0 radical (unpaired) electrons. The number of phenols is 2. The summed E-state index contributed by atoms with van der Waals surface area (Å²) in [5.41, 5.74) is 0.134. The minimum Gasteiger partial charge on any atom is -0.504 e. The third-order valence-electron chi connectivity index (χ3n) is 2.87. The molecule has 86 valence electrons. The third kappa shape index (κ3) is 1.69. The minimum atomic E-state index is -0.355. The zero-order valence-corrected chi connectivity index (χ0v) is 8.97. The monoisotopic (exact) mass is 222 g/mol. The maximum atomic E-state index is 12.0. The highest BCUT2D eigenvalue weighted by Gasteiger charge is 2.27. The van der Waals surface area contributed by atoms with E-state index < -0.39 is 0 Å². The van der Waals surface area contributed by atoms with Crippen molar-refractivity contribution >= 4 is 5.91 Å². The van der Waals surface area contributed by atoms with Gasteiger partial charge in [0, 0.05) is 20.1 Å². The van der Waals surface area contributed by atoms with Crippen LogP contribution in [-0.2, 0) is 0 Å². The molecule has 1 heterocycles. The number of hydrogen-bond acceptors (Lipinski definition) is 4. The Labute approximate surface area is 93.3 Å². The first-order valence-corrected chi connectivity index (χ1v) is 5.10. The average molecular weight is 222 g/mol. The number of carbonyl (C=O) groups excluding carboxylic acids is 1. The summed E-state index contributed by atoms with van der Waals surface area (Å²) >= 11 is 0. The molecule has 5 heteroatoms. The van der Waals surface area contributed by atoms with Crippen LogP contribution in [0, 0.1) is 0 Å². The van der Waals surface area contributed by atoms with Crippen molar-refractivity contribution in [1.82, 2.24) is 10.2 Å². The summed E-state index contributed by atoms with van der Waals surface area (Å²) < 4.78 is 0. The molecule has 1 aliphatic heterocycles. The quantitative estimate of drug-likeness (QED) is 0.622. The van der Waals surface area contributed by atoms with E-state index in [1.165, 1.54) is 18.2 Å². The zero-order chi connectivity index (χ0) is 11.7. The van der Waals surface area contributed by atoms with Crippen molar-refractivity contribution in [1.29, 1.82) is 0 Å². The van der Waals surface area contributed by atoms with Gasteiger partial charge in [0.15, 0.2) is 11.5 Å². The van der Waals surface area contributed by atoms with Crippen molar-refractivity contribution in [2.45, 2.75) is 6.04 Å². The molecule has 0 aliphatic carbocycles. The first-order valence-electron chi connectivity index (χ1n) is 5.10. The van der Waals surface area contributed by atoms with Gasteiger partial charge in [-0.1, -0.05) is 6.07 Å². The van der Waals surface area contributed by atoms with E-state index in [0.29, 0.717) is 0 Å². The summed E-state index contributed by atoms with van der Waals surface area (Å²) in [6, 6.07) is 4.54. The molecule has 1 amide bonds. The Bertz CT molecular complexity index is 416. The second-order valence-corrected chi connectivity index (χ2v) is 3.90. The van der Waals surface area contributed by atoms with Crippen molar-refractivity contribution in [2.24, 2.45) is 0 Å². The fourth-order valence-corrected chi connectivity index (χ4v) is 1.61. The average Bonchev–Trinajstić information content (AvgIpc) is 2.18. The van der Waals surface area contributed by atoms with Crippen LogP contribution in [0.1, 0.15) is 10.4 Å². The number of benzene rings is 1. The number of carbonyl (C=O) groups is 1. The predicted octanol–water partition coefficient (Wildman–Crippen LogP) is 0.142. The Kier molecular flexibility index (Phi) is 2.70. The molecule has 2 rings (SSSR count). The number of aromatic hydroxyl groups is 2. The summed E-state index contributed by atoms with van der Waals surface area (Å²) in [5, 5.41) is 22.0. The summed E-state index contributed by atoms with van der Waals surface area (Å²) in [6.45, 7) is 1.53. The lowest BCUT2D eigenvalue weighted by Crippen LogP contribution is -2.57. The van der Waals surface area contributed by atoms with E-state index >= 15 is 0 Å². The van der Waals surface area contributed by atoms with Crippen LogP contribution in [0.2, 0.25) is 0 Å². The molecule has 5 nitrogen and oxygen atoms in total. The van der Waals surface area contributed by atoms with Crippen LogP contribution < -0.4 is 5.32 Å². The number of para-hydroxylation sites is 1. The van der Waals surface area contributed by atoms with Gasteiger partial charge < -0.3 is 20.4 Å². The third-order valence-corrected chi connectivity index (χ3v) is 2.87. The maximum absolute atomic E-state index is 12.0. The number of hydrogen-bond donors (Lipinski definition) is 3. The van der Waals surface area contributed by atoms with E-state index in [0.717, 1.165) is 13.1 Å². The van der Waals surface area contributed by atoms with Gasteiger partial charge in [0.2, 0.25) is 0 Å². The Morgan fingerprint density at radius 3 is 2.69 bits per heavy atom. The molecule has 0 saturated carbocycles. The highest BCUT2D eigenvalue weighted by molar-refractivity contribution is 5.97. The van der Waals surface area contributed by atoms with Crippen LogP contribution >= 0.6 is 0 Å². The van der Waals surface area contributed by atoms with Crippen molar-refractivity contribution in [3.05, 3.63) is 23.8 Å². The van der Waals surface area contributed by atoms with Crippen molar-refractivity contribution in [3.8, 4) is 11.5 Å². The minimum absolute atomic E-state index is 0.134. The SMILES string of the molecule is CN(C(=O)c1cccc(O)c1O)C1CNC1. The molecule has 0 spiro atoms. The molecular weight excluding hydrogens is 208 g/mol. The number of nitrogens with one attached hydrogen (secondary N) is 1. The standard InChI is InChI=1S/C11H14N2O3/c1-13(7-5-12-6-7)11(16)8-3-2-4-9(14)10(8)15/h2-4,7,12,14-15H,5-6H2,1H3. The molecule has 0 aromatic heterocycles. The molecule has 1 aromatic rings. The summed E-state index contributed by atoms with van der Waals surface area (Å²) in [4.78, 5) is 13.6. The highest BCUT2D eigenvalue weighted by Crippen LogP contribution is 2.29. The largest absolute Gasteiger partial charge is 0.504 e. The van der Waals surface area contributed by atoms with E-state index in [-0.39, 0.29) is 29.0 Å². The lowest BCUT2D eigenvalue weighted by atomic mass is 10.1. The molecular formula is C11H14N2O3. The van der Waals surface area contributed by atoms with Crippen molar-refractivity contribution in [3.63, 3.8) is 0 Å². The highest BCUT2D eigenvalue weighted by atomic mass is 16.3. The van der Waals surface area contributed by atoms with E-state index in [9.17, 15) is 15.0 Å². The Morgan fingerprint density at radius 1 is 1.44 bits per heavy atom. The first-order chi connectivity index (χ1) is 7.61. The normalized spacial score (nSPS) is 15.6. The fourth-order valence-electron chi connectivity index (χ4n) is 1.61. The van der Waals surface area contributed by atoms with Gasteiger partial charge in [0.1, 0.15) is 0 Å². The lowest BCUT2D eigenvalue weighted by molar-refractivity contribution is 0.0677. The first kappa shape index (κ1) is 10.8.